The predicted octanol–water partition coefficient (Wildman–Crippen LogP) is 2.99. The van der Waals surface area contributed by atoms with Crippen LogP contribution in [0, 0.1) is 0 Å². The molecule has 3 aromatic rings. The number of hydrazine groups is 1. The van der Waals surface area contributed by atoms with Gasteiger partial charge < -0.3 is 4.74 Å². The largest absolute Gasteiger partial charge is 0.494 e. The van der Waals surface area contributed by atoms with E-state index in [9.17, 15) is 14.4 Å². The van der Waals surface area contributed by atoms with Gasteiger partial charge in [-0.05, 0) is 37.1 Å². The Balaban J connectivity index is 1.71. The molecule has 2 amide bonds. The Morgan fingerprint density at radius 3 is 2.38 bits per heavy atom. The van der Waals surface area contributed by atoms with Gasteiger partial charge in [0, 0.05) is 11.9 Å². The lowest BCUT2D eigenvalue weighted by atomic mass is 10.1. The number of carbonyl (C=O) groups is 2. The summed E-state index contributed by atoms with van der Waals surface area (Å²) in [6, 6.07) is 14.0. The first-order valence-electron chi connectivity index (χ1n) is 10.8. The minimum absolute atomic E-state index is 0.0946. The van der Waals surface area contributed by atoms with E-state index in [1.165, 1.54) is 4.68 Å². The van der Waals surface area contributed by atoms with Crippen molar-refractivity contribution in [2.24, 2.45) is 0 Å². The lowest BCUT2D eigenvalue weighted by Crippen LogP contribution is -2.43. The fourth-order valence-corrected chi connectivity index (χ4v) is 3.35. The van der Waals surface area contributed by atoms with Crippen LogP contribution < -0.4 is 21.1 Å². The number of carbonyl (C=O) groups excluding carboxylic acids is 2. The lowest BCUT2D eigenvalue weighted by molar-refractivity contribution is -0.121. The average molecular weight is 437 g/mol. The van der Waals surface area contributed by atoms with Crippen molar-refractivity contribution in [3.63, 3.8) is 0 Å². The summed E-state index contributed by atoms with van der Waals surface area (Å²) in [6.45, 7) is 4.98. The second kappa shape index (κ2) is 11.1. The zero-order chi connectivity index (χ0) is 22.9. The van der Waals surface area contributed by atoms with Crippen LogP contribution in [0.1, 0.15) is 49.2 Å². The van der Waals surface area contributed by atoms with E-state index in [4.69, 9.17) is 4.74 Å². The van der Waals surface area contributed by atoms with Crippen molar-refractivity contribution in [3.8, 4) is 5.75 Å². The first-order chi connectivity index (χ1) is 15.5. The van der Waals surface area contributed by atoms with Gasteiger partial charge in [-0.1, -0.05) is 50.1 Å². The van der Waals surface area contributed by atoms with Crippen molar-refractivity contribution in [1.29, 1.82) is 0 Å². The quantitative estimate of drug-likeness (QED) is 0.397. The number of hydrogen-bond acceptors (Lipinski definition) is 5. The molecule has 32 heavy (non-hydrogen) atoms. The van der Waals surface area contributed by atoms with Crippen LogP contribution >= 0.6 is 0 Å². The molecular formula is C24H28N4O4. The second-order valence-electron chi connectivity index (χ2n) is 7.39. The Morgan fingerprint density at radius 2 is 1.69 bits per heavy atom. The van der Waals surface area contributed by atoms with Crippen LogP contribution in [0.3, 0.4) is 0 Å². The number of nitrogens with zero attached hydrogens (tertiary/aromatic N) is 2. The Morgan fingerprint density at radius 1 is 0.969 bits per heavy atom. The molecule has 0 saturated carbocycles. The molecule has 0 aliphatic rings. The van der Waals surface area contributed by atoms with E-state index in [0.717, 1.165) is 30.6 Å². The highest BCUT2D eigenvalue weighted by molar-refractivity contribution is 6.05. The molecule has 0 aliphatic carbocycles. The van der Waals surface area contributed by atoms with Gasteiger partial charge >= 0.3 is 0 Å². The third-order valence-electron chi connectivity index (χ3n) is 4.97. The standard InChI is InChI=1S/C24H28N4O4/c1-3-5-8-15-28-24(31)20-10-7-6-9-19(20)22(27-28)23(30)26-25-21(29)16-17-11-13-18(14-12-17)32-4-2/h6-7,9-14H,3-5,8,15-16H2,1-2H3,(H,25,29)(H,26,30). The number of hydrogen-bond donors (Lipinski definition) is 2. The number of nitrogens with one attached hydrogen (secondary N) is 2. The Bertz CT molecular complexity index is 1140. The molecule has 0 unspecified atom stereocenters. The zero-order valence-corrected chi connectivity index (χ0v) is 18.4. The lowest BCUT2D eigenvalue weighted by Gasteiger charge is -2.12. The molecule has 0 bridgehead atoms. The summed E-state index contributed by atoms with van der Waals surface area (Å²) in [4.78, 5) is 37.8. The molecule has 0 spiro atoms. The minimum Gasteiger partial charge on any atom is -0.494 e. The number of rotatable bonds is 9. The van der Waals surface area contributed by atoms with Gasteiger partial charge in [-0.15, -0.1) is 0 Å². The number of ether oxygens (including phenoxy) is 1. The maximum absolute atomic E-state index is 12.8. The highest BCUT2D eigenvalue weighted by Crippen LogP contribution is 2.14. The maximum atomic E-state index is 12.8. The van der Waals surface area contributed by atoms with Gasteiger partial charge in [-0.25, -0.2) is 4.68 Å². The van der Waals surface area contributed by atoms with Crippen molar-refractivity contribution in [1.82, 2.24) is 20.6 Å². The monoisotopic (exact) mass is 436 g/mol. The van der Waals surface area contributed by atoms with Crippen molar-refractivity contribution in [2.45, 2.75) is 46.1 Å². The van der Waals surface area contributed by atoms with E-state index >= 15 is 0 Å². The summed E-state index contributed by atoms with van der Waals surface area (Å²) in [7, 11) is 0. The zero-order valence-electron chi connectivity index (χ0n) is 18.4. The first-order valence-corrected chi connectivity index (χ1v) is 10.8. The number of aryl methyl sites for hydroxylation is 1. The van der Waals surface area contributed by atoms with Crippen molar-refractivity contribution in [3.05, 3.63) is 70.1 Å². The number of fused-ring (bicyclic) bond motifs is 1. The topological polar surface area (TPSA) is 102 Å². The molecule has 2 N–H and O–H groups in total. The fraction of sp³-hybridized carbons (Fsp3) is 0.333. The first kappa shape index (κ1) is 23.0. The maximum Gasteiger partial charge on any atom is 0.290 e. The van der Waals surface area contributed by atoms with Gasteiger partial charge in [0.05, 0.1) is 18.4 Å². The molecule has 0 saturated heterocycles. The molecule has 3 rings (SSSR count). The minimum atomic E-state index is -0.578. The molecule has 0 atom stereocenters. The SMILES string of the molecule is CCCCCn1nc(C(=O)NNC(=O)Cc2ccc(OCC)cc2)c2ccccc2c1=O. The smallest absolute Gasteiger partial charge is 0.290 e. The molecule has 1 aromatic heterocycles. The molecule has 0 aliphatic heterocycles. The number of amides is 2. The normalized spacial score (nSPS) is 10.7. The van der Waals surface area contributed by atoms with Gasteiger partial charge in [0.15, 0.2) is 5.69 Å². The van der Waals surface area contributed by atoms with Crippen LogP contribution in [0.25, 0.3) is 10.8 Å². The van der Waals surface area contributed by atoms with Crippen molar-refractivity contribution < 1.29 is 14.3 Å². The fourth-order valence-electron chi connectivity index (χ4n) is 3.35. The summed E-state index contributed by atoms with van der Waals surface area (Å²) < 4.78 is 6.72. The Labute approximate surface area is 186 Å². The van der Waals surface area contributed by atoms with Gasteiger partial charge in [0.25, 0.3) is 11.5 Å². The van der Waals surface area contributed by atoms with Crippen molar-refractivity contribution >= 4 is 22.6 Å². The summed E-state index contributed by atoms with van der Waals surface area (Å²) in [6.07, 6.45) is 2.86. The molecule has 8 heteroatoms. The van der Waals surface area contributed by atoms with Gasteiger partial charge in [-0.3, -0.25) is 25.2 Å². The van der Waals surface area contributed by atoms with E-state index in [1.807, 2.05) is 6.92 Å². The third kappa shape index (κ3) is 5.72. The number of unbranched alkanes of at least 4 members (excludes halogenated alkanes) is 2. The van der Waals surface area contributed by atoms with E-state index in [2.05, 4.69) is 22.9 Å². The number of aromatic nitrogens is 2. The van der Waals surface area contributed by atoms with Gasteiger partial charge in [0.2, 0.25) is 5.91 Å². The van der Waals surface area contributed by atoms with Crippen LogP contribution in [0.4, 0.5) is 0 Å². The van der Waals surface area contributed by atoms with E-state index in [0.29, 0.717) is 23.9 Å². The summed E-state index contributed by atoms with van der Waals surface area (Å²) in [5.74, 6) is -0.217. The summed E-state index contributed by atoms with van der Waals surface area (Å²) in [5.41, 5.74) is 5.49. The molecule has 0 fully saturated rings. The van der Waals surface area contributed by atoms with E-state index in [1.54, 1.807) is 48.5 Å². The van der Waals surface area contributed by atoms with E-state index < -0.39 is 5.91 Å². The molecule has 0 radical (unpaired) electrons. The number of benzene rings is 2. The van der Waals surface area contributed by atoms with Gasteiger partial charge in [-0.2, -0.15) is 5.10 Å². The Kier molecular flexibility index (Phi) is 7.96. The molecule has 168 valence electrons. The van der Waals surface area contributed by atoms with Crippen LogP contribution in [0.5, 0.6) is 5.75 Å². The average Bonchev–Trinajstić information content (AvgIpc) is 2.80. The van der Waals surface area contributed by atoms with Crippen LogP contribution in [-0.4, -0.2) is 28.2 Å². The van der Waals surface area contributed by atoms with E-state index in [-0.39, 0.29) is 23.6 Å². The molecule has 1 heterocycles. The van der Waals surface area contributed by atoms with Crippen molar-refractivity contribution in [2.75, 3.05) is 6.61 Å². The highest BCUT2D eigenvalue weighted by atomic mass is 16.5. The van der Waals surface area contributed by atoms with Crippen LogP contribution in [0.2, 0.25) is 0 Å². The highest BCUT2D eigenvalue weighted by Gasteiger charge is 2.17. The van der Waals surface area contributed by atoms with Crippen LogP contribution in [0.15, 0.2) is 53.3 Å². The molecule has 8 nitrogen and oxygen atoms in total. The van der Waals surface area contributed by atoms with Gasteiger partial charge in [0.1, 0.15) is 5.75 Å². The predicted molar refractivity (Wildman–Crippen MR) is 122 cm³/mol. The summed E-state index contributed by atoms with van der Waals surface area (Å²) in [5, 5.41) is 5.16. The van der Waals surface area contributed by atoms with Crippen LogP contribution in [-0.2, 0) is 17.8 Å². The third-order valence-corrected chi connectivity index (χ3v) is 4.97. The molecule has 2 aromatic carbocycles. The summed E-state index contributed by atoms with van der Waals surface area (Å²) >= 11 is 0. The second-order valence-corrected chi connectivity index (χ2v) is 7.39. The molecular weight excluding hydrogens is 408 g/mol. The Hall–Kier alpha value is -3.68.